The molecule has 0 radical (unpaired) electrons. The second-order valence-corrected chi connectivity index (χ2v) is 6.47. The molecule has 1 heterocycles. The molecule has 0 bridgehead atoms. The van der Waals surface area contributed by atoms with Crippen LogP contribution < -0.4 is 4.74 Å². The molecule has 6 nitrogen and oxygen atoms in total. The van der Waals surface area contributed by atoms with Crippen LogP contribution in [0.5, 0.6) is 5.75 Å². The number of benzene rings is 2. The molecule has 2 aromatic carbocycles. The van der Waals surface area contributed by atoms with Crippen molar-refractivity contribution in [3.05, 3.63) is 66.2 Å². The van der Waals surface area contributed by atoms with E-state index >= 15 is 0 Å². The van der Waals surface area contributed by atoms with Gasteiger partial charge in [-0.05, 0) is 17.7 Å². The molecule has 6 heteroatoms. The summed E-state index contributed by atoms with van der Waals surface area (Å²) in [7, 11) is 0. The fraction of sp³-hybridized carbons (Fsp3) is 0.333. The minimum Gasteiger partial charge on any atom is -0.491 e. The first kappa shape index (κ1) is 18.9. The molecule has 2 atom stereocenters. The van der Waals surface area contributed by atoms with Gasteiger partial charge < -0.3 is 19.5 Å². The van der Waals surface area contributed by atoms with Crippen LogP contribution in [0.4, 0.5) is 0 Å². The number of carboxylic acid groups (broad SMARTS) is 1. The highest BCUT2D eigenvalue weighted by Gasteiger charge is 2.40. The summed E-state index contributed by atoms with van der Waals surface area (Å²) in [6.45, 7) is 1.16. The lowest BCUT2D eigenvalue weighted by Crippen LogP contribution is -2.33. The molecule has 1 aliphatic heterocycles. The van der Waals surface area contributed by atoms with Gasteiger partial charge in [-0.15, -0.1) is 0 Å². The zero-order chi connectivity index (χ0) is 19.1. The number of nitrogens with zero attached hydrogens (tertiary/aromatic N) is 1. The maximum Gasteiger partial charge on any atom is 0.308 e. The maximum atomic E-state index is 12.4. The molecular weight excluding hydrogens is 346 g/mol. The summed E-state index contributed by atoms with van der Waals surface area (Å²) in [6.07, 6.45) is 0. The Morgan fingerprint density at radius 2 is 1.63 bits per heavy atom. The highest BCUT2D eigenvalue weighted by atomic mass is 16.5. The number of aliphatic carboxylic acids is 1. The van der Waals surface area contributed by atoms with Gasteiger partial charge in [0.05, 0.1) is 12.5 Å². The Hall–Kier alpha value is -2.86. The molecule has 1 fully saturated rings. The number of rotatable bonds is 8. The quantitative estimate of drug-likeness (QED) is 0.723. The van der Waals surface area contributed by atoms with Gasteiger partial charge in [-0.2, -0.15) is 0 Å². The summed E-state index contributed by atoms with van der Waals surface area (Å²) >= 11 is 0. The van der Waals surface area contributed by atoms with Crippen LogP contribution in [0.25, 0.3) is 0 Å². The van der Waals surface area contributed by atoms with Crippen molar-refractivity contribution in [1.29, 1.82) is 0 Å². The molecule has 1 N–H and O–H groups in total. The van der Waals surface area contributed by atoms with Crippen LogP contribution in [0.15, 0.2) is 60.7 Å². The topological polar surface area (TPSA) is 76.1 Å². The van der Waals surface area contributed by atoms with Gasteiger partial charge in [0.15, 0.2) is 0 Å². The second-order valence-electron chi connectivity index (χ2n) is 6.47. The van der Waals surface area contributed by atoms with E-state index in [1.54, 1.807) is 4.90 Å². The molecule has 1 amide bonds. The molecule has 2 aromatic rings. The molecule has 1 aliphatic rings. The fourth-order valence-electron chi connectivity index (χ4n) is 3.28. The number of carbonyl (C=O) groups is 2. The van der Waals surface area contributed by atoms with Crippen molar-refractivity contribution in [3.8, 4) is 5.75 Å². The second kappa shape index (κ2) is 9.19. The van der Waals surface area contributed by atoms with Crippen molar-refractivity contribution < 1.29 is 24.2 Å². The van der Waals surface area contributed by atoms with Gasteiger partial charge in [-0.1, -0.05) is 48.5 Å². The van der Waals surface area contributed by atoms with E-state index in [1.165, 1.54) is 0 Å². The first-order valence-corrected chi connectivity index (χ1v) is 8.96. The maximum absolute atomic E-state index is 12.4. The van der Waals surface area contributed by atoms with E-state index in [9.17, 15) is 14.7 Å². The monoisotopic (exact) mass is 369 g/mol. The van der Waals surface area contributed by atoms with Gasteiger partial charge in [-0.3, -0.25) is 9.59 Å². The molecule has 0 aliphatic carbocycles. The lowest BCUT2D eigenvalue weighted by atomic mass is 9.89. The molecule has 2 unspecified atom stereocenters. The average molecular weight is 369 g/mol. The number of amides is 1. The lowest BCUT2D eigenvalue weighted by Gasteiger charge is -2.16. The Balaban J connectivity index is 1.46. The first-order valence-electron chi connectivity index (χ1n) is 8.96. The number of carbonyl (C=O) groups excluding carboxylic acids is 1. The Kier molecular flexibility index (Phi) is 6.44. The SMILES string of the molecule is O=C(O)C1CN(C(=O)COCCOc2ccccc2)CC1c1ccccc1. The Morgan fingerprint density at radius 1 is 0.963 bits per heavy atom. The van der Waals surface area contributed by atoms with Crippen molar-refractivity contribution in [2.24, 2.45) is 5.92 Å². The molecule has 0 saturated carbocycles. The summed E-state index contributed by atoms with van der Waals surface area (Å²) < 4.78 is 10.9. The minimum absolute atomic E-state index is 0.0774. The van der Waals surface area contributed by atoms with E-state index in [2.05, 4.69) is 0 Å². The van der Waals surface area contributed by atoms with E-state index < -0.39 is 11.9 Å². The Morgan fingerprint density at radius 3 is 2.30 bits per heavy atom. The molecule has 0 aromatic heterocycles. The smallest absolute Gasteiger partial charge is 0.308 e. The molecule has 142 valence electrons. The zero-order valence-electron chi connectivity index (χ0n) is 15.0. The van der Waals surface area contributed by atoms with E-state index in [0.29, 0.717) is 19.8 Å². The molecular formula is C21H23NO5. The van der Waals surface area contributed by atoms with Crippen LogP contribution >= 0.6 is 0 Å². The van der Waals surface area contributed by atoms with Crippen LogP contribution in [0.2, 0.25) is 0 Å². The van der Waals surface area contributed by atoms with Crippen molar-refractivity contribution in [2.75, 3.05) is 32.9 Å². The minimum atomic E-state index is -0.878. The summed E-state index contributed by atoms with van der Waals surface area (Å²) in [5.41, 5.74) is 0.942. The third-order valence-corrected chi connectivity index (χ3v) is 4.68. The van der Waals surface area contributed by atoms with Gasteiger partial charge in [0.1, 0.15) is 19.0 Å². The Bertz CT molecular complexity index is 750. The number of carboxylic acids is 1. The van der Waals surface area contributed by atoms with E-state index in [-0.39, 0.29) is 25.0 Å². The predicted molar refractivity (Wildman–Crippen MR) is 99.6 cm³/mol. The van der Waals surface area contributed by atoms with Crippen LogP contribution in [-0.2, 0) is 14.3 Å². The Labute approximate surface area is 158 Å². The summed E-state index contributed by atoms with van der Waals surface area (Å²) in [6, 6.07) is 18.9. The van der Waals surface area contributed by atoms with Crippen LogP contribution in [-0.4, -0.2) is 54.8 Å². The highest BCUT2D eigenvalue weighted by Crippen LogP contribution is 2.32. The summed E-state index contributed by atoms with van der Waals surface area (Å²) in [5.74, 6) is -1.12. The number of hydrogen-bond donors (Lipinski definition) is 1. The van der Waals surface area contributed by atoms with Gasteiger partial charge in [0.2, 0.25) is 5.91 Å². The summed E-state index contributed by atoms with van der Waals surface area (Å²) in [5, 5.41) is 9.51. The molecule has 3 rings (SSSR count). The number of ether oxygens (including phenoxy) is 2. The third-order valence-electron chi connectivity index (χ3n) is 4.68. The van der Waals surface area contributed by atoms with E-state index in [0.717, 1.165) is 11.3 Å². The largest absolute Gasteiger partial charge is 0.491 e. The number of hydrogen-bond acceptors (Lipinski definition) is 4. The normalized spacial score (nSPS) is 19.0. The molecule has 1 saturated heterocycles. The predicted octanol–water partition coefficient (Wildman–Crippen LogP) is 2.41. The first-order chi connectivity index (χ1) is 13.1. The van der Waals surface area contributed by atoms with Crippen LogP contribution in [0.3, 0.4) is 0 Å². The lowest BCUT2D eigenvalue weighted by molar-refractivity contribution is -0.142. The molecule has 27 heavy (non-hydrogen) atoms. The van der Waals surface area contributed by atoms with Gasteiger partial charge in [0.25, 0.3) is 0 Å². The van der Waals surface area contributed by atoms with E-state index in [1.807, 2.05) is 60.7 Å². The summed E-state index contributed by atoms with van der Waals surface area (Å²) in [4.78, 5) is 25.6. The fourth-order valence-corrected chi connectivity index (χ4v) is 3.28. The number of para-hydroxylation sites is 1. The van der Waals surface area contributed by atoms with Crippen molar-refractivity contribution in [1.82, 2.24) is 4.90 Å². The van der Waals surface area contributed by atoms with Gasteiger partial charge >= 0.3 is 5.97 Å². The van der Waals surface area contributed by atoms with Crippen molar-refractivity contribution in [3.63, 3.8) is 0 Å². The van der Waals surface area contributed by atoms with Gasteiger partial charge in [-0.25, -0.2) is 0 Å². The standard InChI is InChI=1S/C21H23NO5/c23-20(15-26-11-12-27-17-9-5-2-6-10-17)22-13-18(19(14-22)21(24)25)16-7-3-1-4-8-16/h1-10,18-19H,11-15H2,(H,24,25). The highest BCUT2D eigenvalue weighted by molar-refractivity contribution is 5.80. The van der Waals surface area contributed by atoms with Crippen LogP contribution in [0, 0.1) is 5.92 Å². The number of likely N-dealkylation sites (tertiary alicyclic amines) is 1. The van der Waals surface area contributed by atoms with Crippen molar-refractivity contribution >= 4 is 11.9 Å². The zero-order valence-corrected chi connectivity index (χ0v) is 15.0. The van der Waals surface area contributed by atoms with Crippen LogP contribution in [0.1, 0.15) is 11.5 Å². The molecule has 0 spiro atoms. The van der Waals surface area contributed by atoms with E-state index in [4.69, 9.17) is 9.47 Å². The average Bonchev–Trinajstić information content (AvgIpc) is 3.15. The van der Waals surface area contributed by atoms with Gasteiger partial charge in [0, 0.05) is 19.0 Å². The van der Waals surface area contributed by atoms with Crippen molar-refractivity contribution in [2.45, 2.75) is 5.92 Å². The third kappa shape index (κ3) is 5.08.